The lowest BCUT2D eigenvalue weighted by Crippen LogP contribution is -2.41. The van der Waals surface area contributed by atoms with Gasteiger partial charge in [-0.1, -0.05) is 31.2 Å². The van der Waals surface area contributed by atoms with Crippen molar-refractivity contribution in [3.63, 3.8) is 0 Å². The van der Waals surface area contributed by atoms with E-state index in [2.05, 4.69) is 43.4 Å². The van der Waals surface area contributed by atoms with E-state index >= 15 is 0 Å². The zero-order chi connectivity index (χ0) is 10.7. The van der Waals surface area contributed by atoms with Gasteiger partial charge in [0.1, 0.15) is 0 Å². The van der Waals surface area contributed by atoms with Crippen LogP contribution in [0.4, 0.5) is 0 Å². The van der Waals surface area contributed by atoms with Crippen LogP contribution in [0.15, 0.2) is 24.3 Å². The number of hydrogen-bond donors (Lipinski definition) is 1. The molecule has 0 amide bonds. The van der Waals surface area contributed by atoms with Crippen LogP contribution in [0.3, 0.4) is 0 Å². The molecule has 2 rings (SSSR count). The van der Waals surface area contributed by atoms with Crippen LogP contribution in [0, 0.1) is 6.92 Å². The predicted molar refractivity (Wildman–Crippen MR) is 65.1 cm³/mol. The third kappa shape index (κ3) is 2.23. The summed E-state index contributed by atoms with van der Waals surface area (Å²) >= 11 is 0. The monoisotopic (exact) mass is 203 g/mol. The second kappa shape index (κ2) is 4.36. The molecule has 1 N–H and O–H groups in total. The SMILES string of the molecule is CCC1(Cc2ccccc2C)CCCN1. The fraction of sp³-hybridized carbons (Fsp3) is 0.571. The highest BCUT2D eigenvalue weighted by Gasteiger charge is 2.31. The third-order valence-electron chi connectivity index (χ3n) is 3.80. The van der Waals surface area contributed by atoms with Crippen LogP contribution in [0.5, 0.6) is 0 Å². The minimum absolute atomic E-state index is 0.381. The first kappa shape index (κ1) is 10.7. The van der Waals surface area contributed by atoms with Crippen molar-refractivity contribution in [2.75, 3.05) is 6.54 Å². The summed E-state index contributed by atoms with van der Waals surface area (Å²) in [7, 11) is 0. The number of benzene rings is 1. The molecule has 1 aliphatic rings. The summed E-state index contributed by atoms with van der Waals surface area (Å²) in [4.78, 5) is 0. The Balaban J connectivity index is 2.16. The van der Waals surface area contributed by atoms with E-state index < -0.39 is 0 Å². The van der Waals surface area contributed by atoms with Crippen LogP contribution in [-0.2, 0) is 6.42 Å². The van der Waals surface area contributed by atoms with E-state index in [0.717, 1.165) is 0 Å². The zero-order valence-corrected chi connectivity index (χ0v) is 9.84. The van der Waals surface area contributed by atoms with Gasteiger partial charge in [0.05, 0.1) is 0 Å². The van der Waals surface area contributed by atoms with E-state index in [0.29, 0.717) is 5.54 Å². The molecule has 1 nitrogen and oxygen atoms in total. The van der Waals surface area contributed by atoms with Crippen LogP contribution in [0.2, 0.25) is 0 Å². The first-order chi connectivity index (χ1) is 7.26. The van der Waals surface area contributed by atoms with Gasteiger partial charge in [0.25, 0.3) is 0 Å². The average molecular weight is 203 g/mol. The van der Waals surface area contributed by atoms with Gasteiger partial charge in [-0.25, -0.2) is 0 Å². The topological polar surface area (TPSA) is 12.0 Å². The molecule has 1 unspecified atom stereocenters. The molecule has 15 heavy (non-hydrogen) atoms. The highest BCUT2D eigenvalue weighted by Crippen LogP contribution is 2.28. The molecule has 0 spiro atoms. The minimum Gasteiger partial charge on any atom is -0.311 e. The van der Waals surface area contributed by atoms with Crippen molar-refractivity contribution in [2.24, 2.45) is 0 Å². The maximum Gasteiger partial charge on any atom is 0.0219 e. The molecule has 1 heterocycles. The quantitative estimate of drug-likeness (QED) is 0.796. The van der Waals surface area contributed by atoms with E-state index in [4.69, 9.17) is 0 Å². The highest BCUT2D eigenvalue weighted by molar-refractivity contribution is 5.27. The molecule has 0 aliphatic carbocycles. The summed E-state index contributed by atoms with van der Waals surface area (Å²) in [6.45, 7) is 5.71. The fourth-order valence-electron chi connectivity index (χ4n) is 2.62. The summed E-state index contributed by atoms with van der Waals surface area (Å²) in [5, 5.41) is 3.70. The predicted octanol–water partition coefficient (Wildman–Crippen LogP) is 3.07. The van der Waals surface area contributed by atoms with Crippen molar-refractivity contribution >= 4 is 0 Å². The van der Waals surface area contributed by atoms with Crippen LogP contribution >= 0.6 is 0 Å². The van der Waals surface area contributed by atoms with Crippen LogP contribution in [-0.4, -0.2) is 12.1 Å². The molecule has 0 bridgehead atoms. The molecule has 1 aromatic rings. The number of nitrogens with one attached hydrogen (secondary N) is 1. The second-order valence-electron chi connectivity index (χ2n) is 4.77. The fourth-order valence-corrected chi connectivity index (χ4v) is 2.62. The molecular formula is C14H21N. The minimum atomic E-state index is 0.381. The first-order valence-corrected chi connectivity index (χ1v) is 6.05. The summed E-state index contributed by atoms with van der Waals surface area (Å²) in [5.74, 6) is 0. The van der Waals surface area contributed by atoms with Crippen molar-refractivity contribution < 1.29 is 0 Å². The van der Waals surface area contributed by atoms with Crippen molar-refractivity contribution in [3.05, 3.63) is 35.4 Å². The second-order valence-corrected chi connectivity index (χ2v) is 4.77. The first-order valence-electron chi connectivity index (χ1n) is 6.05. The van der Waals surface area contributed by atoms with E-state index in [1.807, 2.05) is 0 Å². The van der Waals surface area contributed by atoms with Gasteiger partial charge in [0.2, 0.25) is 0 Å². The van der Waals surface area contributed by atoms with E-state index in [1.165, 1.54) is 43.4 Å². The number of rotatable bonds is 3. The third-order valence-corrected chi connectivity index (χ3v) is 3.80. The van der Waals surface area contributed by atoms with Crippen molar-refractivity contribution in [2.45, 2.75) is 45.1 Å². The van der Waals surface area contributed by atoms with E-state index in [1.54, 1.807) is 0 Å². The van der Waals surface area contributed by atoms with Gasteiger partial charge < -0.3 is 5.32 Å². The van der Waals surface area contributed by atoms with Gasteiger partial charge in [-0.05, 0) is 50.3 Å². The van der Waals surface area contributed by atoms with E-state index in [9.17, 15) is 0 Å². The van der Waals surface area contributed by atoms with Gasteiger partial charge in [-0.15, -0.1) is 0 Å². The maximum absolute atomic E-state index is 3.70. The normalized spacial score (nSPS) is 25.7. The molecule has 1 aromatic carbocycles. The Kier molecular flexibility index (Phi) is 3.11. The summed E-state index contributed by atoms with van der Waals surface area (Å²) in [6, 6.07) is 8.76. The number of aryl methyl sites for hydroxylation is 1. The Morgan fingerprint density at radius 3 is 2.73 bits per heavy atom. The van der Waals surface area contributed by atoms with Gasteiger partial charge in [0.15, 0.2) is 0 Å². The van der Waals surface area contributed by atoms with Crippen molar-refractivity contribution in [3.8, 4) is 0 Å². The maximum atomic E-state index is 3.70. The number of hydrogen-bond acceptors (Lipinski definition) is 1. The molecular weight excluding hydrogens is 182 g/mol. The zero-order valence-electron chi connectivity index (χ0n) is 9.84. The summed E-state index contributed by atoms with van der Waals surface area (Å²) in [6.07, 6.45) is 5.09. The summed E-state index contributed by atoms with van der Waals surface area (Å²) < 4.78 is 0. The lowest BCUT2D eigenvalue weighted by Gasteiger charge is -2.29. The molecule has 1 atom stereocenters. The van der Waals surface area contributed by atoms with Gasteiger partial charge in [-0.3, -0.25) is 0 Å². The molecule has 0 aromatic heterocycles. The molecule has 0 saturated carbocycles. The largest absolute Gasteiger partial charge is 0.311 e. The van der Waals surface area contributed by atoms with Gasteiger partial charge >= 0.3 is 0 Å². The Morgan fingerprint density at radius 1 is 1.33 bits per heavy atom. The summed E-state index contributed by atoms with van der Waals surface area (Å²) in [5.41, 5.74) is 3.32. The standard InChI is InChI=1S/C14H21N/c1-3-14(9-6-10-15-14)11-13-8-5-4-7-12(13)2/h4-5,7-8,15H,3,6,9-11H2,1-2H3. The van der Waals surface area contributed by atoms with E-state index in [-0.39, 0.29) is 0 Å². The lowest BCUT2D eigenvalue weighted by molar-refractivity contribution is 0.359. The molecule has 1 saturated heterocycles. The van der Waals surface area contributed by atoms with Crippen LogP contribution in [0.1, 0.15) is 37.3 Å². The van der Waals surface area contributed by atoms with Crippen molar-refractivity contribution in [1.29, 1.82) is 0 Å². The van der Waals surface area contributed by atoms with Gasteiger partial charge in [0, 0.05) is 5.54 Å². The van der Waals surface area contributed by atoms with Crippen molar-refractivity contribution in [1.82, 2.24) is 5.32 Å². The molecule has 1 heteroatoms. The van der Waals surface area contributed by atoms with Crippen LogP contribution in [0.25, 0.3) is 0 Å². The lowest BCUT2D eigenvalue weighted by atomic mass is 9.85. The highest BCUT2D eigenvalue weighted by atomic mass is 15.0. The Bertz CT molecular complexity index is 324. The van der Waals surface area contributed by atoms with Crippen LogP contribution < -0.4 is 5.32 Å². The molecule has 0 radical (unpaired) electrons. The average Bonchev–Trinajstić information content (AvgIpc) is 2.71. The smallest absolute Gasteiger partial charge is 0.0219 e. The van der Waals surface area contributed by atoms with Gasteiger partial charge in [-0.2, -0.15) is 0 Å². The Labute approximate surface area is 92.9 Å². The Morgan fingerprint density at radius 2 is 2.13 bits per heavy atom. The molecule has 1 fully saturated rings. The molecule has 1 aliphatic heterocycles. The molecule has 82 valence electrons. The Hall–Kier alpha value is -0.820.